The molecule has 2 rings (SSSR count). The fourth-order valence-corrected chi connectivity index (χ4v) is 2.27. The normalized spacial score (nSPS) is 17.8. The fourth-order valence-electron chi connectivity index (χ4n) is 1.65. The highest BCUT2D eigenvalue weighted by Gasteiger charge is 2.17. The average molecular weight is 241 g/mol. The highest BCUT2D eigenvalue weighted by atomic mass is 32.1. The van der Waals surface area contributed by atoms with Crippen LogP contribution in [0.25, 0.3) is 0 Å². The second-order valence-electron chi connectivity index (χ2n) is 4.12. The molecule has 0 bridgehead atoms. The zero-order valence-corrected chi connectivity index (χ0v) is 10.8. The van der Waals surface area contributed by atoms with Crippen molar-refractivity contribution in [2.45, 2.75) is 13.3 Å². The molecule has 0 spiro atoms. The number of nitrogens with one attached hydrogen (secondary N) is 1. The predicted molar refractivity (Wildman–Crippen MR) is 68.4 cm³/mol. The maximum Gasteiger partial charge on any atom is 0.239 e. The summed E-state index contributed by atoms with van der Waals surface area (Å²) in [4.78, 5) is 9.09. The monoisotopic (exact) mass is 241 g/mol. The third kappa shape index (κ3) is 2.82. The van der Waals surface area contributed by atoms with Crippen molar-refractivity contribution in [1.82, 2.24) is 14.3 Å². The first-order valence-electron chi connectivity index (χ1n) is 5.80. The van der Waals surface area contributed by atoms with Crippen LogP contribution < -0.4 is 10.2 Å². The van der Waals surface area contributed by atoms with Gasteiger partial charge in [-0.25, -0.2) is 0 Å². The van der Waals surface area contributed by atoms with E-state index in [1.165, 1.54) is 11.5 Å². The average Bonchev–Trinajstić information content (AvgIpc) is 2.76. The summed E-state index contributed by atoms with van der Waals surface area (Å²) < 4.78 is 4.39. The Morgan fingerprint density at radius 3 is 2.75 bits per heavy atom. The fraction of sp³-hybridized carbons (Fsp3) is 0.800. The van der Waals surface area contributed by atoms with Crippen molar-refractivity contribution < 1.29 is 0 Å². The lowest BCUT2D eigenvalue weighted by atomic mass is 10.3. The highest BCUT2D eigenvalue weighted by Crippen LogP contribution is 2.18. The first-order valence-corrected chi connectivity index (χ1v) is 6.58. The molecule has 0 atom stereocenters. The predicted octanol–water partition coefficient (Wildman–Crippen LogP) is 1.11. The quantitative estimate of drug-likeness (QED) is 0.855. The molecule has 2 heterocycles. The van der Waals surface area contributed by atoms with Gasteiger partial charge in [-0.1, -0.05) is 6.92 Å². The van der Waals surface area contributed by atoms with Crippen molar-refractivity contribution >= 4 is 22.6 Å². The lowest BCUT2D eigenvalue weighted by Gasteiger charge is -2.31. The van der Waals surface area contributed by atoms with Crippen LogP contribution in [-0.2, 0) is 0 Å². The number of hydrogen-bond acceptors (Lipinski definition) is 6. The molecule has 0 amide bonds. The van der Waals surface area contributed by atoms with E-state index in [2.05, 4.69) is 38.4 Å². The molecule has 6 heteroatoms. The third-order valence-corrected chi connectivity index (χ3v) is 3.39. The summed E-state index contributed by atoms with van der Waals surface area (Å²) in [6, 6.07) is 0. The molecule has 1 aliphatic rings. The molecule has 1 saturated heterocycles. The van der Waals surface area contributed by atoms with Crippen LogP contribution in [0.5, 0.6) is 0 Å². The van der Waals surface area contributed by atoms with Crippen molar-refractivity contribution in [3.05, 3.63) is 0 Å². The number of likely N-dealkylation sites (N-methyl/N-ethyl adjacent to an activating group) is 1. The van der Waals surface area contributed by atoms with Gasteiger partial charge in [-0.2, -0.15) is 9.36 Å². The van der Waals surface area contributed by atoms with Gasteiger partial charge < -0.3 is 15.1 Å². The van der Waals surface area contributed by atoms with Crippen LogP contribution in [-0.4, -0.2) is 54.0 Å². The summed E-state index contributed by atoms with van der Waals surface area (Å²) in [6.07, 6.45) is 1.11. The Bertz CT molecular complexity index is 319. The van der Waals surface area contributed by atoms with Gasteiger partial charge in [0.1, 0.15) is 0 Å². The van der Waals surface area contributed by atoms with Crippen molar-refractivity contribution in [1.29, 1.82) is 0 Å². The molecular formula is C10H19N5S. The van der Waals surface area contributed by atoms with E-state index < -0.39 is 0 Å². The zero-order valence-electron chi connectivity index (χ0n) is 9.94. The number of rotatable bonds is 4. The second kappa shape index (κ2) is 5.45. The molecule has 5 nitrogen and oxygen atoms in total. The first kappa shape index (κ1) is 11.6. The van der Waals surface area contributed by atoms with Gasteiger partial charge in [-0.3, -0.25) is 0 Å². The molecule has 1 fully saturated rings. The maximum absolute atomic E-state index is 4.50. The van der Waals surface area contributed by atoms with Crippen molar-refractivity contribution in [3.63, 3.8) is 0 Å². The third-order valence-electron chi connectivity index (χ3n) is 2.73. The van der Waals surface area contributed by atoms with E-state index in [1.54, 1.807) is 0 Å². The Hall–Kier alpha value is -0.880. The standard InChI is InChI=1S/C10H19N5S/c1-3-4-11-10-12-9(13-16-10)15-7-5-14(2)6-8-15/h3-8H2,1-2H3,(H,11,12,13). The number of nitrogens with zero attached hydrogens (tertiary/aromatic N) is 4. The number of anilines is 2. The van der Waals surface area contributed by atoms with E-state index in [0.29, 0.717) is 0 Å². The van der Waals surface area contributed by atoms with E-state index in [0.717, 1.165) is 50.2 Å². The molecule has 0 aliphatic carbocycles. The molecule has 90 valence electrons. The Morgan fingerprint density at radius 2 is 2.06 bits per heavy atom. The van der Waals surface area contributed by atoms with Crippen molar-refractivity contribution in [3.8, 4) is 0 Å². The number of aromatic nitrogens is 2. The Kier molecular flexibility index (Phi) is 3.95. The first-order chi connectivity index (χ1) is 7.79. The lowest BCUT2D eigenvalue weighted by molar-refractivity contribution is 0.311. The van der Waals surface area contributed by atoms with Crippen LogP contribution in [0.1, 0.15) is 13.3 Å². The van der Waals surface area contributed by atoms with E-state index in [4.69, 9.17) is 0 Å². The van der Waals surface area contributed by atoms with E-state index >= 15 is 0 Å². The summed E-state index contributed by atoms with van der Waals surface area (Å²) in [7, 11) is 2.15. The minimum atomic E-state index is 0.886. The summed E-state index contributed by atoms with van der Waals surface area (Å²) in [5.41, 5.74) is 0. The van der Waals surface area contributed by atoms with Gasteiger partial charge in [-0.15, -0.1) is 0 Å². The zero-order chi connectivity index (χ0) is 11.4. The Morgan fingerprint density at radius 1 is 1.31 bits per heavy atom. The highest BCUT2D eigenvalue weighted by molar-refractivity contribution is 7.09. The van der Waals surface area contributed by atoms with Crippen molar-refractivity contribution in [2.24, 2.45) is 0 Å². The lowest BCUT2D eigenvalue weighted by Crippen LogP contribution is -2.44. The van der Waals surface area contributed by atoms with Gasteiger partial charge in [0.05, 0.1) is 0 Å². The summed E-state index contributed by atoms with van der Waals surface area (Å²) in [6.45, 7) is 7.36. The largest absolute Gasteiger partial charge is 0.360 e. The van der Waals surface area contributed by atoms with Crippen molar-refractivity contribution in [2.75, 3.05) is 50.0 Å². The molecule has 16 heavy (non-hydrogen) atoms. The minimum Gasteiger partial charge on any atom is -0.360 e. The SMILES string of the molecule is CCCNc1nc(N2CCN(C)CC2)ns1. The molecule has 1 aliphatic heterocycles. The van der Waals surface area contributed by atoms with Gasteiger partial charge in [0.15, 0.2) is 0 Å². The van der Waals surface area contributed by atoms with E-state index in [1.807, 2.05) is 0 Å². The summed E-state index contributed by atoms with van der Waals surface area (Å²) in [5.74, 6) is 0.886. The van der Waals surface area contributed by atoms with Gasteiger partial charge in [0.25, 0.3) is 0 Å². The molecule has 1 aromatic heterocycles. The van der Waals surface area contributed by atoms with Gasteiger partial charge in [0.2, 0.25) is 11.1 Å². The second-order valence-corrected chi connectivity index (χ2v) is 4.87. The smallest absolute Gasteiger partial charge is 0.239 e. The molecule has 0 radical (unpaired) electrons. The molecule has 1 N–H and O–H groups in total. The van der Waals surface area contributed by atoms with Gasteiger partial charge >= 0.3 is 0 Å². The molecule has 0 unspecified atom stereocenters. The van der Waals surface area contributed by atoms with Gasteiger partial charge in [0, 0.05) is 44.3 Å². The van der Waals surface area contributed by atoms with E-state index in [9.17, 15) is 0 Å². The topological polar surface area (TPSA) is 44.3 Å². The minimum absolute atomic E-state index is 0.886. The summed E-state index contributed by atoms with van der Waals surface area (Å²) in [5, 5.41) is 4.21. The van der Waals surface area contributed by atoms with Crippen LogP contribution in [0.2, 0.25) is 0 Å². The van der Waals surface area contributed by atoms with Crippen LogP contribution in [0.4, 0.5) is 11.1 Å². The molecular weight excluding hydrogens is 222 g/mol. The molecule has 0 aromatic carbocycles. The Labute approximate surface area is 101 Å². The molecule has 1 aromatic rings. The molecule has 0 saturated carbocycles. The summed E-state index contributed by atoms with van der Waals surface area (Å²) >= 11 is 1.46. The Balaban J connectivity index is 1.91. The van der Waals surface area contributed by atoms with Crippen LogP contribution >= 0.6 is 11.5 Å². The maximum atomic E-state index is 4.50. The van der Waals surface area contributed by atoms with Crippen LogP contribution in [0.3, 0.4) is 0 Å². The van der Waals surface area contributed by atoms with Crippen LogP contribution in [0.15, 0.2) is 0 Å². The van der Waals surface area contributed by atoms with Gasteiger partial charge in [-0.05, 0) is 13.5 Å². The van der Waals surface area contributed by atoms with E-state index in [-0.39, 0.29) is 0 Å². The number of piperazine rings is 1. The van der Waals surface area contributed by atoms with Crippen LogP contribution in [0, 0.1) is 0 Å². The number of hydrogen-bond donors (Lipinski definition) is 1.